The molecule has 1 saturated carbocycles. The Morgan fingerprint density at radius 3 is 1.10 bits per heavy atom. The van der Waals surface area contributed by atoms with Crippen molar-refractivity contribution >= 4 is 12.4 Å². The monoisotopic (exact) mass is 626 g/mol. The molecule has 1 fully saturated rings. The van der Waals surface area contributed by atoms with Gasteiger partial charge >= 0.3 is 0 Å². The zero-order valence-electron chi connectivity index (χ0n) is 26.8. The SMILES string of the molecule is Oc1c(C=NC2CCCCC2N=Cc2cc(-c3ccccc3)cc(-c3ccccc3)c2O)cc(-c2ccccc2)cc1-c1ccccc1. The van der Waals surface area contributed by atoms with Gasteiger partial charge in [-0.3, -0.25) is 9.98 Å². The van der Waals surface area contributed by atoms with Crippen LogP contribution in [0.15, 0.2) is 156 Å². The van der Waals surface area contributed by atoms with Crippen LogP contribution in [-0.2, 0) is 0 Å². The lowest BCUT2D eigenvalue weighted by atomic mass is 9.90. The summed E-state index contributed by atoms with van der Waals surface area (Å²) in [6, 6.07) is 48.5. The highest BCUT2D eigenvalue weighted by Crippen LogP contribution is 2.38. The second-order valence-corrected chi connectivity index (χ2v) is 12.4. The predicted octanol–water partition coefficient (Wildman–Crippen LogP) is 10.6. The molecule has 2 N–H and O–H groups in total. The van der Waals surface area contributed by atoms with Crippen molar-refractivity contribution in [2.75, 3.05) is 0 Å². The van der Waals surface area contributed by atoms with Gasteiger partial charge in [0.15, 0.2) is 0 Å². The van der Waals surface area contributed by atoms with Crippen LogP contribution in [0.2, 0.25) is 0 Å². The largest absolute Gasteiger partial charge is 0.507 e. The number of aromatic hydroxyl groups is 2. The Balaban J connectivity index is 1.23. The van der Waals surface area contributed by atoms with Gasteiger partial charge in [-0.1, -0.05) is 134 Å². The zero-order chi connectivity index (χ0) is 32.7. The summed E-state index contributed by atoms with van der Waals surface area (Å²) < 4.78 is 0. The molecule has 0 spiro atoms. The van der Waals surface area contributed by atoms with Crippen molar-refractivity contribution in [3.8, 4) is 56.0 Å². The van der Waals surface area contributed by atoms with Gasteiger partial charge in [0.2, 0.25) is 0 Å². The number of hydrogen-bond donors (Lipinski definition) is 2. The van der Waals surface area contributed by atoms with Gasteiger partial charge in [-0.2, -0.15) is 0 Å². The average molecular weight is 627 g/mol. The van der Waals surface area contributed by atoms with Crippen LogP contribution in [0.3, 0.4) is 0 Å². The Morgan fingerprint density at radius 1 is 0.417 bits per heavy atom. The van der Waals surface area contributed by atoms with E-state index in [0.29, 0.717) is 11.1 Å². The molecule has 6 aromatic carbocycles. The van der Waals surface area contributed by atoms with Crippen molar-refractivity contribution in [2.24, 2.45) is 9.98 Å². The number of rotatable bonds is 8. The van der Waals surface area contributed by atoms with Crippen molar-refractivity contribution in [1.82, 2.24) is 0 Å². The summed E-state index contributed by atoms with van der Waals surface area (Å²) in [6.45, 7) is 0. The van der Waals surface area contributed by atoms with Crippen molar-refractivity contribution in [3.05, 3.63) is 157 Å². The maximum absolute atomic E-state index is 11.5. The summed E-state index contributed by atoms with van der Waals surface area (Å²) in [4.78, 5) is 10.1. The lowest BCUT2D eigenvalue weighted by Gasteiger charge is -2.25. The van der Waals surface area contributed by atoms with Gasteiger partial charge in [-0.15, -0.1) is 0 Å². The van der Waals surface area contributed by atoms with E-state index >= 15 is 0 Å². The van der Waals surface area contributed by atoms with Crippen LogP contribution in [0, 0.1) is 0 Å². The highest BCUT2D eigenvalue weighted by molar-refractivity contribution is 5.93. The molecule has 0 heterocycles. The molecule has 2 unspecified atom stereocenters. The number of benzene rings is 6. The Labute approximate surface area is 282 Å². The van der Waals surface area contributed by atoms with Gasteiger partial charge in [0, 0.05) is 34.7 Å². The van der Waals surface area contributed by atoms with Crippen molar-refractivity contribution in [3.63, 3.8) is 0 Å². The average Bonchev–Trinajstić information content (AvgIpc) is 3.16. The molecule has 1 aliphatic carbocycles. The standard InChI is InChI=1S/C44H38N2O2/c47-43-37(25-35(31-15-5-1-6-16-31)27-39(43)33-19-9-3-10-20-33)29-45-41-23-13-14-24-42(41)46-30-38-26-36(32-17-7-2-8-18-32)28-40(44(38)48)34-21-11-4-12-22-34/h1-12,15-22,25-30,41-42,47-48H,13-14,23-24H2. The fourth-order valence-electron chi connectivity index (χ4n) is 6.57. The molecule has 0 amide bonds. The number of phenols is 2. The molecule has 4 heteroatoms. The second kappa shape index (κ2) is 14.4. The van der Waals surface area contributed by atoms with Crippen LogP contribution in [-0.4, -0.2) is 34.7 Å². The highest BCUT2D eigenvalue weighted by atomic mass is 16.3. The van der Waals surface area contributed by atoms with E-state index in [4.69, 9.17) is 9.98 Å². The van der Waals surface area contributed by atoms with Gasteiger partial charge in [-0.25, -0.2) is 0 Å². The Bertz CT molecular complexity index is 1890. The highest BCUT2D eigenvalue weighted by Gasteiger charge is 2.24. The molecule has 48 heavy (non-hydrogen) atoms. The molecular formula is C44H38N2O2. The molecule has 0 radical (unpaired) electrons. The summed E-state index contributed by atoms with van der Waals surface area (Å²) in [5.74, 6) is 0.438. The van der Waals surface area contributed by atoms with E-state index < -0.39 is 0 Å². The number of nitrogens with zero attached hydrogens (tertiary/aromatic N) is 2. The second-order valence-electron chi connectivity index (χ2n) is 12.4. The molecule has 0 bridgehead atoms. The third kappa shape index (κ3) is 6.84. The normalized spacial score (nSPS) is 16.4. The summed E-state index contributed by atoms with van der Waals surface area (Å²) in [6.07, 6.45) is 7.63. The topological polar surface area (TPSA) is 65.2 Å². The first-order chi connectivity index (χ1) is 23.6. The van der Waals surface area contributed by atoms with Gasteiger partial charge in [0.05, 0.1) is 12.1 Å². The number of phenolic OH excluding ortho intramolecular Hbond substituents is 2. The van der Waals surface area contributed by atoms with Crippen LogP contribution in [0.4, 0.5) is 0 Å². The van der Waals surface area contributed by atoms with Gasteiger partial charge in [0.1, 0.15) is 11.5 Å². The van der Waals surface area contributed by atoms with Gasteiger partial charge in [-0.05, 0) is 70.5 Å². The predicted molar refractivity (Wildman–Crippen MR) is 199 cm³/mol. The van der Waals surface area contributed by atoms with Crippen LogP contribution >= 0.6 is 0 Å². The molecular weight excluding hydrogens is 588 g/mol. The third-order valence-corrected chi connectivity index (χ3v) is 9.17. The molecule has 7 rings (SSSR count). The lowest BCUT2D eigenvalue weighted by Crippen LogP contribution is -2.27. The fraction of sp³-hybridized carbons (Fsp3) is 0.136. The van der Waals surface area contributed by atoms with E-state index in [0.717, 1.165) is 70.2 Å². The van der Waals surface area contributed by atoms with E-state index in [-0.39, 0.29) is 23.6 Å². The Kier molecular flexibility index (Phi) is 9.24. The maximum Gasteiger partial charge on any atom is 0.132 e. The molecule has 1 aliphatic rings. The first-order valence-electron chi connectivity index (χ1n) is 16.7. The smallest absolute Gasteiger partial charge is 0.132 e. The molecule has 0 aliphatic heterocycles. The number of hydrogen-bond acceptors (Lipinski definition) is 4. The number of aliphatic imine (C=N–C) groups is 2. The Hall–Kier alpha value is -5.74. The van der Waals surface area contributed by atoms with E-state index in [9.17, 15) is 10.2 Å². The molecule has 236 valence electrons. The summed E-state index contributed by atoms with van der Waals surface area (Å²) in [5, 5.41) is 23.0. The minimum Gasteiger partial charge on any atom is -0.507 e. The lowest BCUT2D eigenvalue weighted by molar-refractivity contribution is 0.390. The molecule has 6 aromatic rings. The fourth-order valence-corrected chi connectivity index (χ4v) is 6.57. The maximum atomic E-state index is 11.5. The van der Waals surface area contributed by atoms with Crippen LogP contribution in [0.1, 0.15) is 36.8 Å². The van der Waals surface area contributed by atoms with Crippen LogP contribution in [0.25, 0.3) is 44.5 Å². The van der Waals surface area contributed by atoms with Crippen LogP contribution in [0.5, 0.6) is 11.5 Å². The zero-order valence-corrected chi connectivity index (χ0v) is 26.8. The van der Waals surface area contributed by atoms with Gasteiger partial charge in [0.25, 0.3) is 0 Å². The Morgan fingerprint density at radius 2 is 0.750 bits per heavy atom. The summed E-state index contributed by atoms with van der Waals surface area (Å²) in [7, 11) is 0. The van der Waals surface area contributed by atoms with Crippen molar-refractivity contribution in [2.45, 2.75) is 37.8 Å². The first kappa shape index (κ1) is 30.9. The van der Waals surface area contributed by atoms with Crippen LogP contribution < -0.4 is 0 Å². The van der Waals surface area contributed by atoms with Gasteiger partial charge < -0.3 is 10.2 Å². The molecule has 0 saturated heterocycles. The van der Waals surface area contributed by atoms with E-state index in [1.54, 1.807) is 0 Å². The molecule has 2 atom stereocenters. The summed E-state index contributed by atoms with van der Waals surface area (Å²) in [5.41, 5.74) is 9.04. The summed E-state index contributed by atoms with van der Waals surface area (Å²) >= 11 is 0. The van der Waals surface area contributed by atoms with E-state index in [1.807, 2.05) is 134 Å². The molecule has 0 aromatic heterocycles. The van der Waals surface area contributed by atoms with E-state index in [1.165, 1.54) is 0 Å². The minimum atomic E-state index is -0.0389. The van der Waals surface area contributed by atoms with E-state index in [2.05, 4.69) is 24.3 Å². The minimum absolute atomic E-state index is 0.0389. The van der Waals surface area contributed by atoms with Crippen molar-refractivity contribution in [1.29, 1.82) is 0 Å². The molecule has 4 nitrogen and oxygen atoms in total. The first-order valence-corrected chi connectivity index (χ1v) is 16.7. The van der Waals surface area contributed by atoms with Crippen molar-refractivity contribution < 1.29 is 10.2 Å². The third-order valence-electron chi connectivity index (χ3n) is 9.17. The quantitative estimate of drug-likeness (QED) is 0.165.